The minimum atomic E-state index is -0.653. The Morgan fingerprint density at radius 1 is 1.38 bits per heavy atom. The van der Waals surface area contributed by atoms with Crippen LogP contribution in [0.2, 0.25) is 0 Å². The van der Waals surface area contributed by atoms with Gasteiger partial charge in [-0.15, -0.1) is 0 Å². The molecular weight excluding hydrogens is 167 g/mol. The Morgan fingerprint density at radius 2 is 2.00 bits per heavy atom. The Bertz CT molecular complexity index is 303. The third-order valence-corrected chi connectivity index (χ3v) is 1.74. The lowest BCUT2D eigenvalue weighted by molar-refractivity contribution is -0.110. The van der Waals surface area contributed by atoms with Gasteiger partial charge in [-0.25, -0.2) is 4.39 Å². The Balaban J connectivity index is 2.82. The topological polar surface area (TPSA) is 17.1 Å². The van der Waals surface area contributed by atoms with Crippen molar-refractivity contribution in [2.75, 3.05) is 0 Å². The molecule has 2 heteroatoms. The van der Waals surface area contributed by atoms with Crippen LogP contribution < -0.4 is 0 Å². The number of hydrogen-bond donors (Lipinski definition) is 0. The molecule has 1 aromatic carbocycles. The number of hydrogen-bond acceptors (Lipinski definition) is 1. The van der Waals surface area contributed by atoms with E-state index < -0.39 is 11.7 Å². The molecule has 0 radical (unpaired) electrons. The van der Waals surface area contributed by atoms with Gasteiger partial charge in [-0.05, 0) is 18.6 Å². The highest BCUT2D eigenvalue weighted by molar-refractivity contribution is 5.62. The van der Waals surface area contributed by atoms with E-state index in [2.05, 4.69) is 0 Å². The van der Waals surface area contributed by atoms with Crippen LogP contribution in [0.1, 0.15) is 12.5 Å². The summed E-state index contributed by atoms with van der Waals surface area (Å²) in [6, 6.07) is 9.09. The van der Waals surface area contributed by atoms with Gasteiger partial charge in [-0.1, -0.05) is 30.3 Å². The van der Waals surface area contributed by atoms with Crippen LogP contribution in [0.4, 0.5) is 4.39 Å². The van der Waals surface area contributed by atoms with Crippen molar-refractivity contribution in [2.24, 2.45) is 5.92 Å². The molecule has 1 rings (SSSR count). The molecular formula is C11H11FO. The zero-order chi connectivity index (χ0) is 9.68. The van der Waals surface area contributed by atoms with Crippen molar-refractivity contribution in [3.63, 3.8) is 0 Å². The Kier molecular flexibility index (Phi) is 3.38. The lowest BCUT2D eigenvalue weighted by Gasteiger charge is -1.99. The number of benzene rings is 1. The summed E-state index contributed by atoms with van der Waals surface area (Å²) in [6.07, 6.45) is 1.97. The van der Waals surface area contributed by atoms with Crippen LogP contribution >= 0.6 is 0 Å². The molecule has 0 spiro atoms. The van der Waals surface area contributed by atoms with Gasteiger partial charge in [0.25, 0.3) is 0 Å². The minimum Gasteiger partial charge on any atom is -0.303 e. The fourth-order valence-electron chi connectivity index (χ4n) is 0.905. The molecule has 0 aliphatic heterocycles. The Morgan fingerprint density at radius 3 is 2.54 bits per heavy atom. The molecule has 0 bridgehead atoms. The average molecular weight is 178 g/mol. The first-order chi connectivity index (χ1) is 6.24. The van der Waals surface area contributed by atoms with E-state index in [1.807, 2.05) is 18.2 Å². The summed E-state index contributed by atoms with van der Waals surface area (Å²) in [4.78, 5) is 10.3. The fourth-order valence-corrected chi connectivity index (χ4v) is 0.905. The van der Waals surface area contributed by atoms with Gasteiger partial charge < -0.3 is 4.79 Å². The molecule has 13 heavy (non-hydrogen) atoms. The predicted molar refractivity (Wildman–Crippen MR) is 50.8 cm³/mol. The van der Waals surface area contributed by atoms with Crippen LogP contribution in [0.5, 0.6) is 0 Å². The zero-order valence-corrected chi connectivity index (χ0v) is 7.41. The molecule has 68 valence electrons. The first-order valence-electron chi connectivity index (χ1n) is 4.11. The first kappa shape index (κ1) is 9.65. The number of aldehydes is 1. The summed E-state index contributed by atoms with van der Waals surface area (Å²) < 4.78 is 13.1. The molecule has 1 unspecified atom stereocenters. The smallest absolute Gasteiger partial charge is 0.129 e. The van der Waals surface area contributed by atoms with Crippen LogP contribution in [-0.4, -0.2) is 6.29 Å². The lowest BCUT2D eigenvalue weighted by atomic mass is 10.1. The van der Waals surface area contributed by atoms with Gasteiger partial charge in [0.1, 0.15) is 12.1 Å². The van der Waals surface area contributed by atoms with Gasteiger partial charge in [0.2, 0.25) is 0 Å². The summed E-state index contributed by atoms with van der Waals surface area (Å²) >= 11 is 0. The Labute approximate surface area is 76.9 Å². The van der Waals surface area contributed by atoms with E-state index in [0.29, 0.717) is 6.29 Å². The lowest BCUT2D eigenvalue weighted by Crippen LogP contribution is -1.95. The number of carbonyl (C=O) groups is 1. The second-order valence-electron chi connectivity index (χ2n) is 2.86. The van der Waals surface area contributed by atoms with Crippen molar-refractivity contribution < 1.29 is 9.18 Å². The van der Waals surface area contributed by atoms with Crippen molar-refractivity contribution in [2.45, 2.75) is 6.92 Å². The number of rotatable bonds is 3. The van der Waals surface area contributed by atoms with Crippen LogP contribution in [0.3, 0.4) is 0 Å². The molecule has 0 saturated carbocycles. The normalized spacial score (nSPS) is 13.8. The average Bonchev–Trinajstić information content (AvgIpc) is 2.18. The number of halogens is 1. The largest absolute Gasteiger partial charge is 0.303 e. The van der Waals surface area contributed by atoms with Crippen LogP contribution in [0.25, 0.3) is 6.08 Å². The first-order valence-corrected chi connectivity index (χ1v) is 4.11. The second kappa shape index (κ2) is 4.55. The van der Waals surface area contributed by atoms with Crippen molar-refractivity contribution >= 4 is 12.4 Å². The minimum absolute atomic E-state index is 0.402. The maximum atomic E-state index is 13.1. The van der Waals surface area contributed by atoms with Crippen molar-refractivity contribution in [1.29, 1.82) is 0 Å². The van der Waals surface area contributed by atoms with Crippen molar-refractivity contribution in [3.8, 4) is 0 Å². The van der Waals surface area contributed by atoms with Crippen molar-refractivity contribution in [1.82, 2.24) is 0 Å². The quantitative estimate of drug-likeness (QED) is 0.650. The molecule has 1 atom stereocenters. The van der Waals surface area contributed by atoms with E-state index in [1.54, 1.807) is 12.1 Å². The summed E-state index contributed by atoms with van der Waals surface area (Å²) in [6.45, 7) is 1.53. The van der Waals surface area contributed by atoms with Gasteiger partial charge >= 0.3 is 0 Å². The van der Waals surface area contributed by atoms with Gasteiger partial charge in [0.15, 0.2) is 0 Å². The molecule has 1 nitrogen and oxygen atoms in total. The summed E-state index contributed by atoms with van der Waals surface area (Å²) in [5, 5.41) is 0. The zero-order valence-electron chi connectivity index (χ0n) is 7.41. The van der Waals surface area contributed by atoms with Gasteiger partial charge in [-0.2, -0.15) is 0 Å². The van der Waals surface area contributed by atoms with Crippen LogP contribution in [0.15, 0.2) is 36.2 Å². The molecule has 0 saturated heterocycles. The van der Waals surface area contributed by atoms with Gasteiger partial charge in [0.05, 0.1) is 5.92 Å². The molecule has 0 heterocycles. The highest BCUT2D eigenvalue weighted by Gasteiger charge is 2.05. The fraction of sp³-hybridized carbons (Fsp3) is 0.182. The number of carbonyl (C=O) groups excluding carboxylic acids is 1. The van der Waals surface area contributed by atoms with E-state index >= 15 is 0 Å². The molecule has 0 N–H and O–H groups in total. The van der Waals surface area contributed by atoms with E-state index in [9.17, 15) is 9.18 Å². The maximum absolute atomic E-state index is 13.1. The van der Waals surface area contributed by atoms with E-state index in [0.717, 1.165) is 5.56 Å². The highest BCUT2D eigenvalue weighted by Crippen LogP contribution is 2.14. The van der Waals surface area contributed by atoms with E-state index in [1.165, 1.54) is 13.0 Å². The monoisotopic (exact) mass is 178 g/mol. The molecule has 0 aromatic heterocycles. The third-order valence-electron chi connectivity index (χ3n) is 1.74. The summed E-state index contributed by atoms with van der Waals surface area (Å²) in [5.41, 5.74) is 0.772. The molecule has 1 aromatic rings. The Hall–Kier alpha value is -1.44. The highest BCUT2D eigenvalue weighted by atomic mass is 19.1. The molecule has 0 aliphatic carbocycles. The van der Waals surface area contributed by atoms with E-state index in [-0.39, 0.29) is 0 Å². The molecule has 0 amide bonds. The van der Waals surface area contributed by atoms with E-state index in [4.69, 9.17) is 0 Å². The predicted octanol–water partition coefficient (Wildman–Crippen LogP) is 2.83. The van der Waals surface area contributed by atoms with Gasteiger partial charge in [0, 0.05) is 0 Å². The summed E-state index contributed by atoms with van der Waals surface area (Å²) in [5.74, 6) is -1.05. The second-order valence-corrected chi connectivity index (χ2v) is 2.86. The SMILES string of the molecule is CC(C=O)/C(F)=C/c1ccccc1. The summed E-state index contributed by atoms with van der Waals surface area (Å²) in [7, 11) is 0. The van der Waals surface area contributed by atoms with Gasteiger partial charge in [-0.3, -0.25) is 0 Å². The standard InChI is InChI=1S/C11H11FO/c1-9(8-13)11(12)7-10-5-3-2-4-6-10/h2-9H,1H3/b11-7-. The van der Waals surface area contributed by atoms with Crippen LogP contribution in [0, 0.1) is 5.92 Å². The number of allylic oxidation sites excluding steroid dienone is 1. The van der Waals surface area contributed by atoms with Crippen molar-refractivity contribution in [3.05, 3.63) is 41.7 Å². The van der Waals surface area contributed by atoms with Crippen LogP contribution in [-0.2, 0) is 4.79 Å². The maximum Gasteiger partial charge on any atom is 0.129 e. The molecule has 0 aliphatic rings. The molecule has 0 fully saturated rings. The third kappa shape index (κ3) is 2.82.